The van der Waals surface area contributed by atoms with E-state index in [-0.39, 0.29) is 6.03 Å². The summed E-state index contributed by atoms with van der Waals surface area (Å²) in [5, 5.41) is 2.80. The Labute approximate surface area is 101 Å². The number of aryl methyl sites for hydroxylation is 1. The molecule has 1 aromatic heterocycles. The zero-order valence-electron chi connectivity index (χ0n) is 10.3. The molecule has 2 amide bonds. The Kier molecular flexibility index (Phi) is 3.56. The fraction of sp³-hybridized carbons (Fsp3) is 0.583. The van der Waals surface area contributed by atoms with Crippen LogP contribution < -0.4 is 5.32 Å². The Hall–Kier alpha value is -1.65. The fourth-order valence-corrected chi connectivity index (χ4v) is 1.93. The van der Waals surface area contributed by atoms with Crippen LogP contribution in [0, 0.1) is 12.8 Å². The van der Waals surface area contributed by atoms with Crippen LogP contribution in [0.3, 0.4) is 0 Å². The molecule has 1 aromatic rings. The number of urea groups is 1. The van der Waals surface area contributed by atoms with E-state index in [0.29, 0.717) is 11.6 Å². The molecule has 0 unspecified atom stereocenters. The summed E-state index contributed by atoms with van der Waals surface area (Å²) >= 11 is 0. The van der Waals surface area contributed by atoms with Gasteiger partial charge in [-0.3, -0.25) is 5.32 Å². The van der Waals surface area contributed by atoms with E-state index in [1.54, 1.807) is 19.2 Å². The molecule has 0 atom stereocenters. The van der Waals surface area contributed by atoms with Crippen molar-refractivity contribution in [2.75, 3.05) is 18.4 Å². The summed E-state index contributed by atoms with van der Waals surface area (Å²) in [6.45, 7) is 5.69. The lowest BCUT2D eigenvalue weighted by molar-refractivity contribution is 0.186. The predicted molar refractivity (Wildman–Crippen MR) is 65.8 cm³/mol. The first kappa shape index (κ1) is 11.8. The molecule has 1 aliphatic rings. The first-order valence-electron chi connectivity index (χ1n) is 6.01. The van der Waals surface area contributed by atoms with E-state index in [1.165, 1.54) is 0 Å². The summed E-state index contributed by atoms with van der Waals surface area (Å²) in [6.07, 6.45) is 3.81. The summed E-state index contributed by atoms with van der Waals surface area (Å²) in [6, 6.07) is 1.65. The molecule has 0 saturated carbocycles. The smallest absolute Gasteiger partial charge is 0.323 e. The second kappa shape index (κ2) is 5.12. The minimum absolute atomic E-state index is 0.0602. The van der Waals surface area contributed by atoms with Gasteiger partial charge >= 0.3 is 6.03 Å². The van der Waals surface area contributed by atoms with Gasteiger partial charge in [-0.15, -0.1) is 0 Å². The van der Waals surface area contributed by atoms with Gasteiger partial charge in [0.2, 0.25) is 0 Å². The Morgan fingerprint density at radius 3 is 2.82 bits per heavy atom. The number of carbonyl (C=O) groups excluding carboxylic acids is 1. The van der Waals surface area contributed by atoms with Crippen LogP contribution in [-0.4, -0.2) is 34.0 Å². The highest BCUT2D eigenvalue weighted by atomic mass is 16.2. The number of nitrogens with one attached hydrogen (secondary N) is 1. The lowest BCUT2D eigenvalue weighted by Gasteiger charge is -2.30. The Morgan fingerprint density at radius 1 is 1.47 bits per heavy atom. The maximum atomic E-state index is 11.9. The van der Waals surface area contributed by atoms with Gasteiger partial charge in [0.1, 0.15) is 11.6 Å². The lowest BCUT2D eigenvalue weighted by atomic mass is 10.00. The van der Waals surface area contributed by atoms with E-state index in [2.05, 4.69) is 22.2 Å². The molecule has 0 bridgehead atoms. The van der Waals surface area contributed by atoms with Gasteiger partial charge in [0.15, 0.2) is 0 Å². The number of amides is 2. The highest BCUT2D eigenvalue weighted by Gasteiger charge is 2.20. The van der Waals surface area contributed by atoms with E-state index >= 15 is 0 Å². The number of rotatable bonds is 1. The minimum Gasteiger partial charge on any atom is -0.324 e. The minimum atomic E-state index is -0.0602. The summed E-state index contributed by atoms with van der Waals surface area (Å²) in [5.74, 6) is 1.96. The van der Waals surface area contributed by atoms with Crippen molar-refractivity contribution in [2.24, 2.45) is 5.92 Å². The van der Waals surface area contributed by atoms with E-state index in [9.17, 15) is 4.79 Å². The maximum Gasteiger partial charge on any atom is 0.323 e. The zero-order chi connectivity index (χ0) is 12.3. The highest BCUT2D eigenvalue weighted by molar-refractivity contribution is 5.88. The average Bonchev–Trinajstić information content (AvgIpc) is 2.29. The molecule has 92 valence electrons. The molecule has 5 nitrogen and oxygen atoms in total. The first-order valence-corrected chi connectivity index (χ1v) is 6.01. The monoisotopic (exact) mass is 234 g/mol. The van der Waals surface area contributed by atoms with Crippen LogP contribution in [-0.2, 0) is 0 Å². The standard InChI is InChI=1S/C12H18N4O/c1-9-4-7-16(8-5-9)12(17)15-11-3-6-13-10(2)14-11/h3,6,9H,4-5,7-8H2,1-2H3,(H,13,14,15,17). The summed E-state index contributed by atoms with van der Waals surface area (Å²) in [4.78, 5) is 21.9. The van der Waals surface area contributed by atoms with Crippen LogP contribution in [0.1, 0.15) is 25.6 Å². The van der Waals surface area contributed by atoms with Gasteiger partial charge in [0.25, 0.3) is 0 Å². The van der Waals surface area contributed by atoms with Gasteiger partial charge in [-0.05, 0) is 31.7 Å². The fourth-order valence-electron chi connectivity index (χ4n) is 1.93. The third kappa shape index (κ3) is 3.15. The van der Waals surface area contributed by atoms with Crippen molar-refractivity contribution in [2.45, 2.75) is 26.7 Å². The molecule has 1 aliphatic heterocycles. The van der Waals surface area contributed by atoms with Crippen molar-refractivity contribution < 1.29 is 4.79 Å². The van der Waals surface area contributed by atoms with Crippen LogP contribution in [0.15, 0.2) is 12.3 Å². The molecule has 1 fully saturated rings. The molecule has 0 radical (unpaired) electrons. The summed E-state index contributed by atoms with van der Waals surface area (Å²) in [7, 11) is 0. The Balaban J connectivity index is 1.93. The SMILES string of the molecule is Cc1nccc(NC(=O)N2CCC(C)CC2)n1. The lowest BCUT2D eigenvalue weighted by Crippen LogP contribution is -2.40. The molecule has 2 heterocycles. The number of hydrogen-bond acceptors (Lipinski definition) is 3. The van der Waals surface area contributed by atoms with Crippen LogP contribution in [0.4, 0.5) is 10.6 Å². The third-order valence-corrected chi connectivity index (χ3v) is 3.08. The topological polar surface area (TPSA) is 58.1 Å². The largest absolute Gasteiger partial charge is 0.324 e. The van der Waals surface area contributed by atoms with E-state index < -0.39 is 0 Å². The molecule has 1 saturated heterocycles. The van der Waals surface area contributed by atoms with Crippen LogP contribution in [0.2, 0.25) is 0 Å². The number of hydrogen-bond donors (Lipinski definition) is 1. The van der Waals surface area contributed by atoms with E-state index in [4.69, 9.17) is 0 Å². The van der Waals surface area contributed by atoms with Crippen molar-refractivity contribution in [3.05, 3.63) is 18.1 Å². The summed E-state index contributed by atoms with van der Waals surface area (Å²) in [5.41, 5.74) is 0. The normalized spacial score (nSPS) is 16.9. The first-order chi connectivity index (χ1) is 8.15. The summed E-state index contributed by atoms with van der Waals surface area (Å²) < 4.78 is 0. The number of carbonyl (C=O) groups is 1. The molecule has 5 heteroatoms. The molecule has 2 rings (SSSR count). The van der Waals surface area contributed by atoms with E-state index in [0.717, 1.165) is 31.8 Å². The van der Waals surface area contributed by atoms with Crippen LogP contribution in [0.25, 0.3) is 0 Å². The molecular formula is C12H18N4O. The average molecular weight is 234 g/mol. The quantitative estimate of drug-likeness (QED) is 0.809. The third-order valence-electron chi connectivity index (χ3n) is 3.08. The zero-order valence-corrected chi connectivity index (χ0v) is 10.3. The maximum absolute atomic E-state index is 11.9. The van der Waals surface area contributed by atoms with Crippen molar-refractivity contribution in [1.29, 1.82) is 0 Å². The van der Waals surface area contributed by atoms with Crippen LogP contribution >= 0.6 is 0 Å². The molecule has 0 spiro atoms. The number of piperidine rings is 1. The van der Waals surface area contributed by atoms with Crippen molar-refractivity contribution in [3.63, 3.8) is 0 Å². The van der Waals surface area contributed by atoms with Gasteiger partial charge in [0.05, 0.1) is 0 Å². The van der Waals surface area contributed by atoms with Crippen molar-refractivity contribution >= 4 is 11.8 Å². The van der Waals surface area contributed by atoms with Crippen LogP contribution in [0.5, 0.6) is 0 Å². The number of anilines is 1. The Bertz CT molecular complexity index is 399. The van der Waals surface area contributed by atoms with Gasteiger partial charge in [-0.2, -0.15) is 0 Å². The molecule has 0 aliphatic carbocycles. The highest BCUT2D eigenvalue weighted by Crippen LogP contribution is 2.16. The second-order valence-corrected chi connectivity index (χ2v) is 4.59. The van der Waals surface area contributed by atoms with E-state index in [1.807, 2.05) is 4.90 Å². The van der Waals surface area contributed by atoms with Gasteiger partial charge in [0, 0.05) is 19.3 Å². The molecule has 1 N–H and O–H groups in total. The molecule has 17 heavy (non-hydrogen) atoms. The predicted octanol–water partition coefficient (Wildman–Crippen LogP) is 2.05. The van der Waals surface area contributed by atoms with Gasteiger partial charge in [-0.1, -0.05) is 6.92 Å². The number of likely N-dealkylation sites (tertiary alicyclic amines) is 1. The molecular weight excluding hydrogens is 216 g/mol. The number of nitrogens with zero attached hydrogens (tertiary/aromatic N) is 3. The van der Waals surface area contributed by atoms with Crippen molar-refractivity contribution in [3.8, 4) is 0 Å². The van der Waals surface area contributed by atoms with Gasteiger partial charge in [-0.25, -0.2) is 14.8 Å². The number of aromatic nitrogens is 2. The Morgan fingerprint density at radius 2 is 2.18 bits per heavy atom. The van der Waals surface area contributed by atoms with Gasteiger partial charge < -0.3 is 4.90 Å². The molecule has 0 aromatic carbocycles. The second-order valence-electron chi connectivity index (χ2n) is 4.59. The van der Waals surface area contributed by atoms with Crippen molar-refractivity contribution in [1.82, 2.24) is 14.9 Å².